The lowest BCUT2D eigenvalue weighted by Gasteiger charge is -2.31. The van der Waals surface area contributed by atoms with Gasteiger partial charge in [-0.15, -0.1) is 0 Å². The Morgan fingerprint density at radius 2 is 2.16 bits per heavy atom. The Kier molecular flexibility index (Phi) is 8.24. The first-order chi connectivity index (χ1) is 15.1. The number of rotatable bonds is 6. The van der Waals surface area contributed by atoms with Crippen LogP contribution in [0.4, 0.5) is 0 Å². The Morgan fingerprint density at radius 3 is 3.00 bits per heavy atom. The van der Waals surface area contributed by atoms with Crippen LogP contribution in [0, 0.1) is 0 Å². The summed E-state index contributed by atoms with van der Waals surface area (Å²) in [6.45, 7) is 2.02. The summed E-state index contributed by atoms with van der Waals surface area (Å²) in [5, 5.41) is 12.9. The normalized spacial score (nSPS) is 23.8. The molecule has 1 aromatic carbocycles. The van der Waals surface area contributed by atoms with E-state index in [0.717, 1.165) is 12.8 Å². The molecular formula is C25H29NO5. The molecule has 2 N–H and O–H groups in total. The first-order valence-electron chi connectivity index (χ1n) is 10.7. The van der Waals surface area contributed by atoms with Crippen LogP contribution in [0.5, 0.6) is 5.75 Å². The number of phenols is 1. The van der Waals surface area contributed by atoms with Crippen molar-refractivity contribution in [2.75, 3.05) is 0 Å². The van der Waals surface area contributed by atoms with E-state index in [2.05, 4.69) is 11.4 Å². The van der Waals surface area contributed by atoms with Crippen molar-refractivity contribution in [3.8, 4) is 5.75 Å². The average Bonchev–Trinajstić information content (AvgIpc) is 2.74. The number of amides is 1. The maximum absolute atomic E-state index is 12.8. The molecule has 6 nitrogen and oxygen atoms in total. The molecule has 0 saturated heterocycles. The molecule has 0 aliphatic carbocycles. The van der Waals surface area contributed by atoms with Crippen molar-refractivity contribution in [3.63, 3.8) is 0 Å². The zero-order valence-electron chi connectivity index (χ0n) is 17.7. The second-order valence-electron chi connectivity index (χ2n) is 7.58. The van der Waals surface area contributed by atoms with Crippen molar-refractivity contribution in [1.82, 2.24) is 5.32 Å². The van der Waals surface area contributed by atoms with Gasteiger partial charge < -0.3 is 19.9 Å². The van der Waals surface area contributed by atoms with Crippen molar-refractivity contribution in [2.45, 2.75) is 57.3 Å². The van der Waals surface area contributed by atoms with Crippen LogP contribution in [-0.2, 0) is 20.7 Å². The number of ether oxygens (including phenoxy) is 2. The molecule has 0 aromatic heterocycles. The highest BCUT2D eigenvalue weighted by Crippen LogP contribution is 2.29. The summed E-state index contributed by atoms with van der Waals surface area (Å²) in [5.74, 6) is -0.864. The predicted octanol–water partition coefficient (Wildman–Crippen LogP) is 4.12. The van der Waals surface area contributed by atoms with Crippen molar-refractivity contribution in [2.24, 2.45) is 0 Å². The molecule has 3 atom stereocenters. The minimum Gasteiger partial charge on any atom is -0.507 e. The number of phenolic OH excluding ortho intramolecular Hbond substituents is 1. The number of carbonyl (C=O) groups is 2. The van der Waals surface area contributed by atoms with Crippen LogP contribution >= 0.6 is 0 Å². The fourth-order valence-corrected chi connectivity index (χ4v) is 3.67. The quantitative estimate of drug-likeness (QED) is 0.311. The summed E-state index contributed by atoms with van der Waals surface area (Å²) in [6.07, 6.45) is 16.8. The van der Waals surface area contributed by atoms with Gasteiger partial charge in [-0.3, -0.25) is 4.79 Å². The molecule has 31 heavy (non-hydrogen) atoms. The average molecular weight is 424 g/mol. The molecule has 2 heterocycles. The SMILES string of the molecule is CC/C=C\C=C/C(=O)N/C=C/C[C@H]1C[C@H]2CC=C[C@H](Cc3cccc(O)c3C(=O)O1)O2. The van der Waals surface area contributed by atoms with Gasteiger partial charge >= 0.3 is 5.97 Å². The minimum absolute atomic E-state index is 0.0528. The van der Waals surface area contributed by atoms with Gasteiger partial charge in [-0.2, -0.15) is 0 Å². The largest absolute Gasteiger partial charge is 0.507 e. The number of carbonyl (C=O) groups excluding carboxylic acids is 2. The molecule has 6 heteroatoms. The third kappa shape index (κ3) is 6.69. The molecule has 0 radical (unpaired) electrons. The second-order valence-corrected chi connectivity index (χ2v) is 7.58. The van der Waals surface area contributed by atoms with E-state index >= 15 is 0 Å². The van der Waals surface area contributed by atoms with Crippen molar-refractivity contribution >= 4 is 11.9 Å². The molecule has 2 aliphatic rings. The summed E-state index contributed by atoms with van der Waals surface area (Å²) >= 11 is 0. The van der Waals surface area contributed by atoms with Crippen LogP contribution < -0.4 is 5.32 Å². The minimum atomic E-state index is -0.537. The molecule has 1 amide bonds. The van der Waals surface area contributed by atoms with Crippen LogP contribution in [0.3, 0.4) is 0 Å². The van der Waals surface area contributed by atoms with Crippen LogP contribution in [0.25, 0.3) is 0 Å². The summed E-state index contributed by atoms with van der Waals surface area (Å²) in [7, 11) is 0. The van der Waals surface area contributed by atoms with Crippen LogP contribution in [0.15, 0.2) is 66.9 Å². The van der Waals surface area contributed by atoms with Gasteiger partial charge in [0.05, 0.1) is 12.2 Å². The second kappa shape index (κ2) is 11.3. The van der Waals surface area contributed by atoms with Crippen LogP contribution in [-0.4, -0.2) is 35.3 Å². The van der Waals surface area contributed by atoms with E-state index in [9.17, 15) is 14.7 Å². The first-order valence-corrected chi connectivity index (χ1v) is 10.7. The Balaban J connectivity index is 1.68. The molecule has 3 rings (SSSR count). The van der Waals surface area contributed by atoms with Crippen molar-refractivity contribution < 1.29 is 24.2 Å². The standard InChI is InChI=1S/C25H29NO5/c1-2-3-4-5-14-23(28)26-15-8-12-21-17-20-11-7-10-19(30-20)16-18-9-6-13-22(27)24(18)25(29)31-21/h3-10,13-15,19-21,27H,2,11-12,16-17H2,1H3,(H,26,28)/b4-3-,14-5-,15-8+/t19-,20-,21+/m1/s1. The predicted molar refractivity (Wildman–Crippen MR) is 119 cm³/mol. The molecule has 0 unspecified atom stereocenters. The van der Waals surface area contributed by atoms with Gasteiger partial charge in [0.1, 0.15) is 17.4 Å². The van der Waals surface area contributed by atoms with Gasteiger partial charge in [0.25, 0.3) is 0 Å². The highest BCUT2D eigenvalue weighted by Gasteiger charge is 2.29. The molecule has 0 spiro atoms. The van der Waals surface area contributed by atoms with Gasteiger partial charge in [0, 0.05) is 31.5 Å². The third-order valence-electron chi connectivity index (χ3n) is 5.14. The summed E-state index contributed by atoms with van der Waals surface area (Å²) in [4.78, 5) is 24.6. The van der Waals surface area contributed by atoms with E-state index < -0.39 is 12.1 Å². The Labute approximate surface area is 182 Å². The maximum atomic E-state index is 12.8. The Bertz CT molecular complexity index is 899. The number of aromatic hydroxyl groups is 1. The lowest BCUT2D eigenvalue weighted by molar-refractivity contribution is -0.115. The van der Waals surface area contributed by atoms with E-state index in [0.29, 0.717) is 24.8 Å². The fourth-order valence-electron chi connectivity index (χ4n) is 3.67. The topological polar surface area (TPSA) is 84.9 Å². The Hall–Kier alpha value is -3.12. The van der Waals surface area contributed by atoms with Gasteiger partial charge in [0.15, 0.2) is 0 Å². The van der Waals surface area contributed by atoms with Crippen molar-refractivity contribution in [3.05, 3.63) is 78.1 Å². The molecule has 2 aliphatic heterocycles. The molecule has 0 saturated carbocycles. The number of hydrogen-bond acceptors (Lipinski definition) is 5. The van der Waals surface area contributed by atoms with Crippen LogP contribution in [0.1, 0.15) is 48.5 Å². The maximum Gasteiger partial charge on any atom is 0.342 e. The van der Waals surface area contributed by atoms with Gasteiger partial charge in [-0.05, 0) is 24.5 Å². The first kappa shape index (κ1) is 22.6. The Morgan fingerprint density at radius 1 is 1.29 bits per heavy atom. The van der Waals surface area contributed by atoms with Gasteiger partial charge in [-0.1, -0.05) is 55.5 Å². The highest BCUT2D eigenvalue weighted by atomic mass is 16.5. The summed E-state index contributed by atoms with van der Waals surface area (Å²) < 4.78 is 11.9. The summed E-state index contributed by atoms with van der Waals surface area (Å²) in [5.41, 5.74) is 0.892. The van der Waals surface area contributed by atoms with Gasteiger partial charge in [-0.25, -0.2) is 4.79 Å². The monoisotopic (exact) mass is 423 g/mol. The number of cyclic esters (lactones) is 1. The van der Waals surface area contributed by atoms with Crippen molar-refractivity contribution in [1.29, 1.82) is 0 Å². The number of hydrogen-bond donors (Lipinski definition) is 2. The lowest BCUT2D eigenvalue weighted by atomic mass is 9.96. The molecular weight excluding hydrogens is 394 g/mol. The number of allylic oxidation sites excluding steroid dienone is 3. The molecule has 1 aromatic rings. The van der Waals surface area contributed by atoms with E-state index in [1.54, 1.807) is 24.4 Å². The summed E-state index contributed by atoms with van der Waals surface area (Å²) in [6, 6.07) is 5.01. The highest BCUT2D eigenvalue weighted by molar-refractivity contribution is 5.94. The number of fused-ring (bicyclic) bond motifs is 3. The molecule has 164 valence electrons. The van der Waals surface area contributed by atoms with Gasteiger partial charge in [0.2, 0.25) is 5.91 Å². The third-order valence-corrected chi connectivity index (χ3v) is 5.14. The number of benzene rings is 1. The van der Waals surface area contributed by atoms with E-state index in [-0.39, 0.29) is 29.4 Å². The van der Waals surface area contributed by atoms with Crippen LogP contribution in [0.2, 0.25) is 0 Å². The van der Waals surface area contributed by atoms with E-state index in [4.69, 9.17) is 9.47 Å². The molecule has 2 bridgehead atoms. The number of nitrogens with one attached hydrogen (secondary N) is 1. The number of esters is 1. The van der Waals surface area contributed by atoms with E-state index in [1.165, 1.54) is 12.1 Å². The zero-order valence-corrected chi connectivity index (χ0v) is 17.7. The lowest BCUT2D eigenvalue weighted by Crippen LogP contribution is -2.33. The zero-order chi connectivity index (χ0) is 22.1. The smallest absolute Gasteiger partial charge is 0.342 e. The molecule has 0 fully saturated rings. The van der Waals surface area contributed by atoms with E-state index in [1.807, 2.05) is 31.2 Å². The fraction of sp³-hybridized carbons (Fsp3) is 0.360.